The SMILES string of the molecule is CSCCC(N)C(=O)NC(Cc1ccccc1)C(=O)NC(CO)C(=O)NC(CCSC)C(=O)O. The summed E-state index contributed by atoms with van der Waals surface area (Å²) in [6.07, 6.45) is 4.47. The van der Waals surface area contributed by atoms with Crippen molar-refractivity contribution in [3.05, 3.63) is 35.9 Å². The molecular weight excluding hydrogens is 480 g/mol. The number of hydrogen-bond acceptors (Lipinski definition) is 8. The van der Waals surface area contributed by atoms with Gasteiger partial charge in [-0.25, -0.2) is 4.79 Å². The van der Waals surface area contributed by atoms with Gasteiger partial charge in [0.25, 0.3) is 0 Å². The number of carboxylic acid groups (broad SMARTS) is 1. The van der Waals surface area contributed by atoms with Gasteiger partial charge in [-0.15, -0.1) is 0 Å². The Labute approximate surface area is 208 Å². The highest BCUT2D eigenvalue weighted by atomic mass is 32.2. The van der Waals surface area contributed by atoms with Gasteiger partial charge in [0.15, 0.2) is 0 Å². The van der Waals surface area contributed by atoms with E-state index >= 15 is 0 Å². The number of aliphatic hydroxyl groups is 1. The minimum atomic E-state index is -1.39. The Balaban J connectivity index is 2.93. The first-order valence-electron chi connectivity index (χ1n) is 10.8. The summed E-state index contributed by atoms with van der Waals surface area (Å²) < 4.78 is 0. The maximum Gasteiger partial charge on any atom is 0.326 e. The van der Waals surface area contributed by atoms with Crippen LogP contribution in [-0.4, -0.2) is 88.7 Å². The maximum atomic E-state index is 13.0. The lowest BCUT2D eigenvalue weighted by Crippen LogP contribution is -2.58. The Hall–Kier alpha value is -2.28. The second kappa shape index (κ2) is 16.4. The standard InChI is InChI=1S/C22H34N4O6S2/c1-33-10-8-15(23)19(28)25-17(12-14-6-4-3-5-7-14)20(29)26-18(13-27)21(30)24-16(22(31)32)9-11-34-2/h3-7,15-18,27H,8-13,23H2,1-2H3,(H,24,30)(H,25,28)(H,26,29)(H,31,32). The van der Waals surface area contributed by atoms with Crippen molar-refractivity contribution < 1.29 is 29.4 Å². The summed E-state index contributed by atoms with van der Waals surface area (Å²) in [5.74, 6) is -2.05. The highest BCUT2D eigenvalue weighted by molar-refractivity contribution is 7.98. The summed E-state index contributed by atoms with van der Waals surface area (Å²) in [7, 11) is 0. The molecular formula is C22H34N4O6S2. The molecule has 0 heterocycles. The fourth-order valence-electron chi connectivity index (χ4n) is 2.95. The fraction of sp³-hybridized carbons (Fsp3) is 0.545. The highest BCUT2D eigenvalue weighted by Gasteiger charge is 2.30. The summed E-state index contributed by atoms with van der Waals surface area (Å²) >= 11 is 2.98. The molecule has 0 saturated carbocycles. The number of aliphatic hydroxyl groups excluding tert-OH is 1. The molecule has 34 heavy (non-hydrogen) atoms. The van der Waals surface area contributed by atoms with Crippen molar-refractivity contribution >= 4 is 47.2 Å². The summed E-state index contributed by atoms with van der Waals surface area (Å²) in [6.45, 7) is -0.744. The molecule has 1 aromatic rings. The molecule has 0 aliphatic heterocycles. The van der Waals surface area contributed by atoms with E-state index in [1.807, 2.05) is 18.6 Å². The molecule has 4 unspecified atom stereocenters. The number of carbonyl (C=O) groups is 4. The van der Waals surface area contributed by atoms with Crippen molar-refractivity contribution in [3.63, 3.8) is 0 Å². The predicted molar refractivity (Wildman–Crippen MR) is 135 cm³/mol. The molecule has 0 saturated heterocycles. The molecule has 0 spiro atoms. The minimum Gasteiger partial charge on any atom is -0.480 e. The summed E-state index contributed by atoms with van der Waals surface area (Å²) in [4.78, 5) is 49.5. The Morgan fingerprint density at radius 3 is 1.94 bits per heavy atom. The molecule has 0 radical (unpaired) electrons. The largest absolute Gasteiger partial charge is 0.480 e. The number of carbonyl (C=O) groups excluding carboxylic acids is 3. The molecule has 190 valence electrons. The molecule has 0 aromatic heterocycles. The first-order chi connectivity index (χ1) is 16.2. The van der Waals surface area contributed by atoms with Crippen LogP contribution in [0.3, 0.4) is 0 Å². The molecule has 0 bridgehead atoms. The van der Waals surface area contributed by atoms with Crippen LogP contribution < -0.4 is 21.7 Å². The van der Waals surface area contributed by atoms with Crippen LogP contribution in [0.25, 0.3) is 0 Å². The first kappa shape index (κ1) is 29.8. The van der Waals surface area contributed by atoms with Gasteiger partial charge in [-0.2, -0.15) is 23.5 Å². The number of thioether (sulfide) groups is 2. The van der Waals surface area contributed by atoms with Crippen LogP contribution in [0.4, 0.5) is 0 Å². The van der Waals surface area contributed by atoms with E-state index in [0.29, 0.717) is 17.9 Å². The monoisotopic (exact) mass is 514 g/mol. The number of hydrogen-bond donors (Lipinski definition) is 6. The number of amides is 3. The van der Waals surface area contributed by atoms with Gasteiger partial charge < -0.3 is 31.9 Å². The van der Waals surface area contributed by atoms with Gasteiger partial charge in [0.1, 0.15) is 18.1 Å². The molecule has 0 aliphatic carbocycles. The van der Waals surface area contributed by atoms with Crippen molar-refractivity contribution in [3.8, 4) is 0 Å². The molecule has 1 rings (SSSR count). The van der Waals surface area contributed by atoms with E-state index in [2.05, 4.69) is 16.0 Å². The molecule has 4 atom stereocenters. The normalized spacial score (nSPS) is 14.4. The van der Waals surface area contributed by atoms with Gasteiger partial charge in [0, 0.05) is 6.42 Å². The third-order valence-electron chi connectivity index (χ3n) is 4.93. The van der Waals surface area contributed by atoms with Crippen molar-refractivity contribution in [1.82, 2.24) is 16.0 Å². The molecule has 3 amide bonds. The van der Waals surface area contributed by atoms with Crippen LogP contribution in [0.5, 0.6) is 0 Å². The lowest BCUT2D eigenvalue weighted by Gasteiger charge is -2.24. The fourth-order valence-corrected chi connectivity index (χ4v) is 3.91. The molecule has 0 fully saturated rings. The summed E-state index contributed by atoms with van der Waals surface area (Å²) in [5.41, 5.74) is 6.70. The lowest BCUT2D eigenvalue weighted by molar-refractivity contribution is -0.142. The third-order valence-corrected chi connectivity index (χ3v) is 6.21. The smallest absolute Gasteiger partial charge is 0.326 e. The van der Waals surface area contributed by atoms with E-state index in [4.69, 9.17) is 5.73 Å². The number of rotatable bonds is 16. The van der Waals surface area contributed by atoms with Crippen LogP contribution in [0.15, 0.2) is 30.3 Å². The van der Waals surface area contributed by atoms with E-state index in [0.717, 1.165) is 5.56 Å². The second-order valence-corrected chi connectivity index (χ2v) is 9.53. The number of aliphatic carboxylic acids is 1. The zero-order valence-corrected chi connectivity index (χ0v) is 21.0. The molecule has 7 N–H and O–H groups in total. The van der Waals surface area contributed by atoms with E-state index < -0.39 is 54.5 Å². The van der Waals surface area contributed by atoms with Crippen LogP contribution in [0.2, 0.25) is 0 Å². The van der Waals surface area contributed by atoms with Crippen molar-refractivity contribution in [2.24, 2.45) is 5.73 Å². The average molecular weight is 515 g/mol. The molecule has 0 aliphatic rings. The molecule has 1 aromatic carbocycles. The third kappa shape index (κ3) is 10.8. The Kier molecular flexibility index (Phi) is 14.3. The molecule has 12 heteroatoms. The summed E-state index contributed by atoms with van der Waals surface area (Å²) in [6, 6.07) is 4.59. The van der Waals surface area contributed by atoms with E-state index in [9.17, 15) is 29.4 Å². The van der Waals surface area contributed by atoms with Crippen molar-refractivity contribution in [2.45, 2.75) is 43.4 Å². The Morgan fingerprint density at radius 1 is 0.853 bits per heavy atom. The Morgan fingerprint density at radius 2 is 1.38 bits per heavy atom. The second-order valence-electron chi connectivity index (χ2n) is 7.56. The zero-order valence-electron chi connectivity index (χ0n) is 19.4. The highest BCUT2D eigenvalue weighted by Crippen LogP contribution is 2.06. The van der Waals surface area contributed by atoms with E-state index in [1.54, 1.807) is 36.0 Å². The van der Waals surface area contributed by atoms with Gasteiger partial charge in [0.05, 0.1) is 12.6 Å². The van der Waals surface area contributed by atoms with Gasteiger partial charge in [-0.1, -0.05) is 30.3 Å². The van der Waals surface area contributed by atoms with Crippen LogP contribution in [-0.2, 0) is 25.6 Å². The predicted octanol–water partition coefficient (Wildman–Crippen LogP) is -0.406. The van der Waals surface area contributed by atoms with Crippen molar-refractivity contribution in [2.75, 3.05) is 30.6 Å². The van der Waals surface area contributed by atoms with Gasteiger partial charge in [-0.05, 0) is 42.4 Å². The first-order valence-corrected chi connectivity index (χ1v) is 13.5. The number of benzene rings is 1. The number of nitrogens with two attached hydrogens (primary N) is 1. The van der Waals surface area contributed by atoms with Crippen LogP contribution >= 0.6 is 23.5 Å². The van der Waals surface area contributed by atoms with Gasteiger partial charge >= 0.3 is 5.97 Å². The van der Waals surface area contributed by atoms with Crippen molar-refractivity contribution in [1.29, 1.82) is 0 Å². The van der Waals surface area contributed by atoms with Crippen LogP contribution in [0, 0.1) is 0 Å². The average Bonchev–Trinajstić information content (AvgIpc) is 2.83. The zero-order chi connectivity index (χ0) is 25.5. The summed E-state index contributed by atoms with van der Waals surface area (Å²) in [5, 5.41) is 26.4. The van der Waals surface area contributed by atoms with Gasteiger partial charge in [-0.3, -0.25) is 14.4 Å². The molecule has 10 nitrogen and oxygen atoms in total. The Bertz CT molecular complexity index is 799. The lowest BCUT2D eigenvalue weighted by atomic mass is 10.0. The van der Waals surface area contributed by atoms with E-state index in [-0.39, 0.29) is 12.8 Å². The van der Waals surface area contributed by atoms with Crippen LogP contribution in [0.1, 0.15) is 18.4 Å². The van der Waals surface area contributed by atoms with Gasteiger partial charge in [0.2, 0.25) is 17.7 Å². The van der Waals surface area contributed by atoms with E-state index in [1.165, 1.54) is 11.8 Å². The number of carboxylic acids is 1. The quantitative estimate of drug-likeness (QED) is 0.172. The number of nitrogens with one attached hydrogen (secondary N) is 3. The maximum absolute atomic E-state index is 13.0. The topological polar surface area (TPSA) is 171 Å². The minimum absolute atomic E-state index is 0.138.